The first-order valence-corrected chi connectivity index (χ1v) is 8.24. The van der Waals surface area contributed by atoms with Crippen LogP contribution in [0.4, 0.5) is 13.2 Å². The largest absolute Gasteiger partial charge is 0.607 e. The second-order valence-corrected chi connectivity index (χ2v) is 6.48. The van der Waals surface area contributed by atoms with Gasteiger partial charge in [-0.1, -0.05) is 12.1 Å². The lowest BCUT2D eigenvalue weighted by molar-refractivity contribution is -0.137. The number of alkyl halides is 3. The van der Waals surface area contributed by atoms with Gasteiger partial charge in [-0.3, -0.25) is 0 Å². The molecule has 0 radical (unpaired) electrons. The van der Waals surface area contributed by atoms with Crippen molar-refractivity contribution in [3.63, 3.8) is 0 Å². The van der Waals surface area contributed by atoms with Gasteiger partial charge >= 0.3 is 17.4 Å². The highest BCUT2D eigenvalue weighted by Gasteiger charge is 2.30. The Morgan fingerprint density at radius 1 is 1.20 bits per heavy atom. The highest BCUT2D eigenvalue weighted by molar-refractivity contribution is 7.90. The summed E-state index contributed by atoms with van der Waals surface area (Å²) in [6.07, 6.45) is -4.43. The smallest absolute Gasteiger partial charge is 0.416 e. The van der Waals surface area contributed by atoms with Crippen LogP contribution in [0.1, 0.15) is 21.5 Å². The van der Waals surface area contributed by atoms with E-state index in [2.05, 4.69) is 4.98 Å². The van der Waals surface area contributed by atoms with Gasteiger partial charge < -0.3 is 14.1 Å². The standard InChI is InChI=1S/C16H10F3NO4S/c17-16(18,19)11-4-1-9(2-5-11)8-25(23)15-20-12-7-10(14(21)22)3-6-13(12)24-15/h1-7H,8H2,(H,21,22). The lowest BCUT2D eigenvalue weighted by atomic mass is 10.1. The van der Waals surface area contributed by atoms with E-state index in [9.17, 15) is 22.5 Å². The summed E-state index contributed by atoms with van der Waals surface area (Å²) in [4.78, 5) is 14.9. The topological polar surface area (TPSA) is 86.4 Å². The van der Waals surface area contributed by atoms with Crippen molar-refractivity contribution in [1.82, 2.24) is 4.98 Å². The normalized spacial score (nSPS) is 13.1. The van der Waals surface area contributed by atoms with Gasteiger partial charge in [0.15, 0.2) is 5.58 Å². The summed E-state index contributed by atoms with van der Waals surface area (Å²) in [7, 11) is 0. The molecule has 3 rings (SSSR count). The molecular weight excluding hydrogens is 359 g/mol. The Morgan fingerprint density at radius 2 is 1.88 bits per heavy atom. The second-order valence-electron chi connectivity index (χ2n) is 5.15. The number of fused-ring (bicyclic) bond motifs is 1. The summed E-state index contributed by atoms with van der Waals surface area (Å²) in [5.41, 5.74) is 0.183. The molecule has 0 aliphatic rings. The molecular formula is C16H10F3NO4S. The minimum Gasteiger partial charge on any atom is -0.607 e. The van der Waals surface area contributed by atoms with E-state index in [4.69, 9.17) is 9.52 Å². The highest BCUT2D eigenvalue weighted by atomic mass is 32.2. The summed E-state index contributed by atoms with van der Waals surface area (Å²) in [6, 6.07) is 8.34. The second kappa shape index (κ2) is 6.41. The molecule has 1 N–H and O–H groups in total. The number of benzene rings is 2. The quantitative estimate of drug-likeness (QED) is 0.706. The zero-order valence-electron chi connectivity index (χ0n) is 12.4. The van der Waals surface area contributed by atoms with Crippen LogP contribution in [0, 0.1) is 0 Å². The number of rotatable bonds is 4. The van der Waals surface area contributed by atoms with E-state index in [1.54, 1.807) is 0 Å². The molecule has 3 aromatic rings. The number of oxazole rings is 1. The Kier molecular flexibility index (Phi) is 4.44. The van der Waals surface area contributed by atoms with Gasteiger partial charge in [-0.25, -0.2) is 4.79 Å². The first-order valence-electron chi connectivity index (χ1n) is 6.92. The molecule has 0 saturated carbocycles. The maximum Gasteiger partial charge on any atom is 0.416 e. The van der Waals surface area contributed by atoms with Crippen molar-refractivity contribution in [3.8, 4) is 0 Å². The summed E-state index contributed by atoms with van der Waals surface area (Å²) < 4.78 is 55.2. The maximum atomic E-state index is 12.5. The number of aromatic carboxylic acids is 1. The number of halogens is 3. The molecule has 2 aromatic carbocycles. The zero-order valence-corrected chi connectivity index (χ0v) is 13.2. The van der Waals surface area contributed by atoms with E-state index in [-0.39, 0.29) is 27.6 Å². The van der Waals surface area contributed by atoms with Crippen LogP contribution in [0.25, 0.3) is 11.1 Å². The first kappa shape index (κ1) is 17.3. The first-order chi connectivity index (χ1) is 11.7. The molecule has 9 heteroatoms. The van der Waals surface area contributed by atoms with Crippen LogP contribution in [0.5, 0.6) is 0 Å². The highest BCUT2D eigenvalue weighted by Crippen LogP contribution is 2.30. The number of carboxylic acids is 1. The Morgan fingerprint density at radius 3 is 2.48 bits per heavy atom. The van der Waals surface area contributed by atoms with Crippen molar-refractivity contribution in [3.05, 3.63) is 59.2 Å². The van der Waals surface area contributed by atoms with Crippen LogP contribution in [0.3, 0.4) is 0 Å². The average molecular weight is 369 g/mol. The van der Waals surface area contributed by atoms with Gasteiger partial charge in [-0.05, 0) is 30.3 Å². The van der Waals surface area contributed by atoms with Crippen molar-refractivity contribution in [1.29, 1.82) is 0 Å². The number of hydrogen-bond donors (Lipinski definition) is 1. The molecule has 1 atom stereocenters. The van der Waals surface area contributed by atoms with Gasteiger partial charge in [0, 0.05) is 5.56 Å². The molecule has 0 bridgehead atoms. The third-order valence-corrected chi connectivity index (χ3v) is 4.55. The van der Waals surface area contributed by atoms with Crippen molar-refractivity contribution in [2.24, 2.45) is 0 Å². The zero-order chi connectivity index (χ0) is 18.2. The van der Waals surface area contributed by atoms with E-state index >= 15 is 0 Å². The minimum atomic E-state index is -4.43. The molecule has 1 aromatic heterocycles. The van der Waals surface area contributed by atoms with Crippen LogP contribution in [-0.2, 0) is 23.1 Å². The van der Waals surface area contributed by atoms with Gasteiger partial charge in [0.05, 0.1) is 22.3 Å². The van der Waals surface area contributed by atoms with Crippen LogP contribution in [-0.4, -0.2) is 20.6 Å². The molecule has 0 aliphatic heterocycles. The van der Waals surface area contributed by atoms with E-state index in [0.29, 0.717) is 5.56 Å². The Balaban J connectivity index is 1.80. The minimum absolute atomic E-state index is 0.0147. The fourth-order valence-electron chi connectivity index (χ4n) is 2.14. The fraction of sp³-hybridized carbons (Fsp3) is 0.125. The van der Waals surface area contributed by atoms with Crippen molar-refractivity contribution in [2.45, 2.75) is 17.2 Å². The number of aromatic nitrogens is 1. The molecule has 0 fully saturated rings. The third-order valence-electron chi connectivity index (χ3n) is 3.39. The summed E-state index contributed by atoms with van der Waals surface area (Å²) in [5.74, 6) is -1.20. The molecule has 0 aliphatic carbocycles. The number of hydrogen-bond acceptors (Lipinski definition) is 4. The number of carboxylic acid groups (broad SMARTS) is 1. The van der Waals surface area contributed by atoms with Gasteiger partial charge in [0.1, 0.15) is 11.3 Å². The lowest BCUT2D eigenvalue weighted by Crippen LogP contribution is -2.07. The molecule has 0 amide bonds. The number of nitrogens with zero attached hydrogens (tertiary/aromatic N) is 1. The van der Waals surface area contributed by atoms with Gasteiger partial charge in [-0.15, -0.1) is 0 Å². The Hall–Kier alpha value is -2.52. The van der Waals surface area contributed by atoms with Crippen LogP contribution < -0.4 is 0 Å². The monoisotopic (exact) mass is 369 g/mol. The molecule has 1 unspecified atom stereocenters. The van der Waals surface area contributed by atoms with Crippen LogP contribution in [0.2, 0.25) is 0 Å². The average Bonchev–Trinajstić information content (AvgIpc) is 2.97. The molecule has 0 spiro atoms. The predicted molar refractivity (Wildman–Crippen MR) is 82.5 cm³/mol. The van der Waals surface area contributed by atoms with Crippen LogP contribution in [0.15, 0.2) is 52.1 Å². The van der Waals surface area contributed by atoms with Gasteiger partial charge in [0.2, 0.25) is 0 Å². The Labute approximate surface area is 142 Å². The fourth-order valence-corrected chi connectivity index (χ4v) is 3.14. The van der Waals surface area contributed by atoms with Gasteiger partial charge in [-0.2, -0.15) is 18.2 Å². The van der Waals surface area contributed by atoms with E-state index < -0.39 is 28.9 Å². The SMILES string of the molecule is O=C(O)c1ccc2oc([S+]([O-])Cc3ccc(C(F)(F)F)cc3)nc2c1. The molecule has 25 heavy (non-hydrogen) atoms. The summed E-state index contributed by atoms with van der Waals surface area (Å²) >= 11 is -1.72. The van der Waals surface area contributed by atoms with Crippen molar-refractivity contribution >= 4 is 28.2 Å². The molecule has 1 heterocycles. The van der Waals surface area contributed by atoms with E-state index in [0.717, 1.165) is 12.1 Å². The third kappa shape index (κ3) is 3.77. The summed E-state index contributed by atoms with van der Waals surface area (Å²) in [5, 5.41) is 8.82. The maximum absolute atomic E-state index is 12.5. The van der Waals surface area contributed by atoms with Gasteiger partial charge in [0.25, 0.3) is 0 Å². The van der Waals surface area contributed by atoms with E-state index in [1.165, 1.54) is 30.3 Å². The number of carbonyl (C=O) groups is 1. The molecule has 130 valence electrons. The van der Waals surface area contributed by atoms with E-state index in [1.807, 2.05) is 0 Å². The van der Waals surface area contributed by atoms with Crippen molar-refractivity contribution in [2.75, 3.05) is 0 Å². The molecule has 0 saturated heterocycles. The predicted octanol–water partition coefficient (Wildman–Crippen LogP) is 3.85. The van der Waals surface area contributed by atoms with Crippen LogP contribution >= 0.6 is 0 Å². The Bertz CT molecular complexity index is 921. The lowest BCUT2D eigenvalue weighted by Gasteiger charge is -2.08. The molecule has 5 nitrogen and oxygen atoms in total. The van der Waals surface area contributed by atoms with Crippen molar-refractivity contribution < 1.29 is 32.0 Å². The summed E-state index contributed by atoms with van der Waals surface area (Å²) in [6.45, 7) is 0.